The smallest absolute Gasteiger partial charge is 0.227 e. The van der Waals surface area contributed by atoms with Gasteiger partial charge in [0, 0.05) is 6.07 Å². The molecule has 0 bridgehead atoms. The van der Waals surface area contributed by atoms with E-state index in [-0.39, 0.29) is 28.9 Å². The highest BCUT2D eigenvalue weighted by Gasteiger charge is 2.10. The molecule has 0 aliphatic rings. The summed E-state index contributed by atoms with van der Waals surface area (Å²) in [7, 11) is 0. The molecule has 2 rings (SSSR count). The Kier molecular flexibility index (Phi) is 3.91. The molecule has 0 saturated heterocycles. The first kappa shape index (κ1) is 13.0. The molecule has 0 spiro atoms. The van der Waals surface area contributed by atoms with Gasteiger partial charge in [0.25, 0.3) is 0 Å². The van der Waals surface area contributed by atoms with E-state index in [4.69, 9.17) is 37.5 Å². The summed E-state index contributed by atoms with van der Waals surface area (Å²) in [6.45, 7) is -0.354. The largest absolute Gasteiger partial charge is 0.463 e. The van der Waals surface area contributed by atoms with Crippen LogP contribution in [0.2, 0.25) is 10.0 Å². The van der Waals surface area contributed by atoms with Gasteiger partial charge in [-0.3, -0.25) is 4.79 Å². The lowest BCUT2D eigenvalue weighted by molar-refractivity contribution is 0.241. The summed E-state index contributed by atoms with van der Waals surface area (Å²) in [4.78, 5) is 11.6. The molecule has 0 atom stereocenters. The zero-order valence-electron chi connectivity index (χ0n) is 9.02. The molecule has 18 heavy (non-hydrogen) atoms. The van der Waals surface area contributed by atoms with Crippen molar-refractivity contribution in [2.75, 3.05) is 0 Å². The monoisotopic (exact) mass is 286 g/mol. The van der Waals surface area contributed by atoms with Crippen molar-refractivity contribution >= 4 is 23.2 Å². The average molecular weight is 287 g/mol. The average Bonchev–Trinajstić information content (AvgIpc) is 2.37. The predicted molar refractivity (Wildman–Crippen MR) is 67.4 cm³/mol. The molecule has 2 aromatic rings. The molecule has 0 amide bonds. The topological polar surface area (TPSA) is 59.7 Å². The number of ether oxygens (including phenoxy) is 1. The normalized spacial score (nSPS) is 10.4. The lowest BCUT2D eigenvalue weighted by Crippen LogP contribution is -2.04. The standard InChI is InChI=1S/C12H8Cl2O4/c13-8-2-1-3-10(12(8)14)18-11-6-17-7(5-15)4-9(11)16/h1-4,6,15H,5H2. The molecule has 1 aromatic heterocycles. The van der Waals surface area contributed by atoms with Gasteiger partial charge in [-0.25, -0.2) is 0 Å². The lowest BCUT2D eigenvalue weighted by Gasteiger charge is -2.07. The molecule has 0 aliphatic carbocycles. The van der Waals surface area contributed by atoms with Gasteiger partial charge in [0.2, 0.25) is 11.2 Å². The van der Waals surface area contributed by atoms with E-state index in [9.17, 15) is 4.79 Å². The maximum atomic E-state index is 11.6. The fraction of sp³-hybridized carbons (Fsp3) is 0.0833. The first-order valence-electron chi connectivity index (χ1n) is 4.96. The first-order chi connectivity index (χ1) is 8.61. The van der Waals surface area contributed by atoms with Gasteiger partial charge < -0.3 is 14.3 Å². The molecule has 94 valence electrons. The van der Waals surface area contributed by atoms with Crippen LogP contribution in [0.4, 0.5) is 0 Å². The zero-order chi connectivity index (χ0) is 13.1. The minimum atomic E-state index is -0.415. The highest BCUT2D eigenvalue weighted by atomic mass is 35.5. The van der Waals surface area contributed by atoms with E-state index < -0.39 is 5.43 Å². The van der Waals surface area contributed by atoms with Crippen LogP contribution in [0.25, 0.3) is 0 Å². The van der Waals surface area contributed by atoms with Crippen LogP contribution in [-0.2, 0) is 6.61 Å². The summed E-state index contributed by atoms with van der Waals surface area (Å²) in [5, 5.41) is 9.35. The molecule has 6 heteroatoms. The second kappa shape index (κ2) is 5.44. The summed E-state index contributed by atoms with van der Waals surface area (Å²) in [5.74, 6) is 0.383. The molecular weight excluding hydrogens is 279 g/mol. The molecule has 1 aromatic carbocycles. The Hall–Kier alpha value is -1.49. The third kappa shape index (κ3) is 2.67. The van der Waals surface area contributed by atoms with Crippen LogP contribution < -0.4 is 10.2 Å². The number of hydrogen-bond acceptors (Lipinski definition) is 4. The van der Waals surface area contributed by atoms with Crippen LogP contribution in [0.5, 0.6) is 11.5 Å². The number of rotatable bonds is 3. The molecule has 0 fully saturated rings. The summed E-state index contributed by atoms with van der Waals surface area (Å²) in [6, 6.07) is 5.97. The van der Waals surface area contributed by atoms with Crippen LogP contribution in [0.3, 0.4) is 0 Å². The SMILES string of the molecule is O=c1cc(CO)occ1Oc1cccc(Cl)c1Cl. The fourth-order valence-corrected chi connectivity index (χ4v) is 1.61. The highest BCUT2D eigenvalue weighted by Crippen LogP contribution is 2.33. The third-order valence-corrected chi connectivity index (χ3v) is 2.95. The number of aliphatic hydroxyl groups is 1. The minimum absolute atomic E-state index is 0.0311. The second-order valence-electron chi connectivity index (χ2n) is 3.39. The van der Waals surface area contributed by atoms with Crippen molar-refractivity contribution in [2.24, 2.45) is 0 Å². The van der Waals surface area contributed by atoms with Crippen LogP contribution in [0, 0.1) is 0 Å². The minimum Gasteiger partial charge on any atom is -0.463 e. The second-order valence-corrected chi connectivity index (χ2v) is 4.17. The summed E-state index contributed by atoms with van der Waals surface area (Å²) < 4.78 is 10.3. The Balaban J connectivity index is 2.35. The lowest BCUT2D eigenvalue weighted by atomic mass is 10.3. The van der Waals surface area contributed by atoms with Gasteiger partial charge in [0.1, 0.15) is 29.4 Å². The van der Waals surface area contributed by atoms with Gasteiger partial charge >= 0.3 is 0 Å². The van der Waals surface area contributed by atoms with Gasteiger partial charge in [-0.15, -0.1) is 0 Å². The number of hydrogen-bond donors (Lipinski definition) is 1. The molecule has 0 aliphatic heterocycles. The van der Waals surface area contributed by atoms with E-state index in [0.717, 1.165) is 12.3 Å². The Morgan fingerprint density at radius 2 is 2.06 bits per heavy atom. The van der Waals surface area contributed by atoms with E-state index in [2.05, 4.69) is 0 Å². The van der Waals surface area contributed by atoms with E-state index in [1.807, 2.05) is 0 Å². The molecule has 0 unspecified atom stereocenters. The molecule has 0 radical (unpaired) electrons. The van der Waals surface area contributed by atoms with Crippen molar-refractivity contribution in [3.05, 3.63) is 56.6 Å². The Labute approximate surface area is 112 Å². The van der Waals surface area contributed by atoms with E-state index in [0.29, 0.717) is 5.02 Å². The Morgan fingerprint density at radius 1 is 1.28 bits per heavy atom. The van der Waals surface area contributed by atoms with Gasteiger partial charge in [0.05, 0.1) is 5.02 Å². The summed E-state index contributed by atoms with van der Waals surface area (Å²) in [6.07, 6.45) is 1.12. The Bertz CT molecular complexity index is 622. The van der Waals surface area contributed by atoms with E-state index in [1.54, 1.807) is 18.2 Å². The van der Waals surface area contributed by atoms with Crippen molar-refractivity contribution in [2.45, 2.75) is 6.61 Å². The van der Waals surface area contributed by atoms with Crippen LogP contribution in [0.1, 0.15) is 5.76 Å². The number of benzene rings is 1. The van der Waals surface area contributed by atoms with Gasteiger partial charge in [0.15, 0.2) is 0 Å². The molecule has 4 nitrogen and oxygen atoms in total. The van der Waals surface area contributed by atoms with E-state index >= 15 is 0 Å². The van der Waals surface area contributed by atoms with Crippen molar-refractivity contribution in [1.29, 1.82) is 0 Å². The molecule has 0 saturated carbocycles. The van der Waals surface area contributed by atoms with Gasteiger partial charge in [-0.1, -0.05) is 29.3 Å². The zero-order valence-corrected chi connectivity index (χ0v) is 10.5. The quantitative estimate of drug-likeness (QED) is 0.941. The van der Waals surface area contributed by atoms with Crippen molar-refractivity contribution in [1.82, 2.24) is 0 Å². The van der Waals surface area contributed by atoms with Gasteiger partial charge in [-0.05, 0) is 12.1 Å². The molecule has 1 heterocycles. The van der Waals surface area contributed by atoms with Crippen molar-refractivity contribution < 1.29 is 14.3 Å². The highest BCUT2D eigenvalue weighted by molar-refractivity contribution is 6.42. The summed E-state index contributed by atoms with van der Waals surface area (Å²) in [5.41, 5.74) is -0.415. The first-order valence-corrected chi connectivity index (χ1v) is 5.72. The fourth-order valence-electron chi connectivity index (χ4n) is 1.28. The van der Waals surface area contributed by atoms with Crippen molar-refractivity contribution in [3.8, 4) is 11.5 Å². The maximum Gasteiger partial charge on any atom is 0.227 e. The number of aliphatic hydroxyl groups excluding tert-OH is 1. The van der Waals surface area contributed by atoms with Crippen LogP contribution in [-0.4, -0.2) is 5.11 Å². The maximum absolute atomic E-state index is 11.6. The van der Waals surface area contributed by atoms with Crippen LogP contribution in [0.15, 0.2) is 39.7 Å². The van der Waals surface area contributed by atoms with Crippen molar-refractivity contribution in [3.63, 3.8) is 0 Å². The number of halogens is 2. The summed E-state index contributed by atoms with van der Waals surface area (Å²) >= 11 is 11.7. The molecular formula is C12H8Cl2O4. The Morgan fingerprint density at radius 3 is 2.72 bits per heavy atom. The predicted octanol–water partition coefficient (Wildman–Crippen LogP) is 3.23. The van der Waals surface area contributed by atoms with Crippen LogP contribution >= 0.6 is 23.2 Å². The van der Waals surface area contributed by atoms with E-state index in [1.165, 1.54) is 0 Å². The third-order valence-electron chi connectivity index (χ3n) is 2.14. The molecule has 1 N–H and O–H groups in total. The van der Waals surface area contributed by atoms with Gasteiger partial charge in [-0.2, -0.15) is 0 Å².